The SMILES string of the molecule is Cc1ccc2cccc(C(=O)N3CCC[C@H](N)C3)c2n1. The van der Waals surface area contributed by atoms with E-state index in [4.69, 9.17) is 5.73 Å². The third kappa shape index (κ3) is 2.39. The third-order valence-corrected chi connectivity index (χ3v) is 3.83. The lowest BCUT2D eigenvalue weighted by Gasteiger charge is -2.31. The highest BCUT2D eigenvalue weighted by atomic mass is 16.2. The predicted molar refractivity (Wildman–Crippen MR) is 79.6 cm³/mol. The summed E-state index contributed by atoms with van der Waals surface area (Å²) in [6.45, 7) is 3.37. The predicted octanol–water partition coefficient (Wildman–Crippen LogP) is 2.11. The Morgan fingerprint density at radius 3 is 3.00 bits per heavy atom. The van der Waals surface area contributed by atoms with Gasteiger partial charge in [0.2, 0.25) is 0 Å². The maximum absolute atomic E-state index is 12.7. The first-order valence-corrected chi connectivity index (χ1v) is 7.06. The third-order valence-electron chi connectivity index (χ3n) is 3.83. The summed E-state index contributed by atoms with van der Waals surface area (Å²) in [5.41, 5.74) is 8.36. The van der Waals surface area contributed by atoms with Crippen molar-refractivity contribution in [3.63, 3.8) is 0 Å². The summed E-state index contributed by atoms with van der Waals surface area (Å²) in [7, 11) is 0. The van der Waals surface area contributed by atoms with Crippen molar-refractivity contribution in [1.29, 1.82) is 0 Å². The number of nitrogens with two attached hydrogens (primary N) is 1. The number of hydrogen-bond donors (Lipinski definition) is 1. The molecule has 3 rings (SSSR count). The first kappa shape index (κ1) is 13.1. The van der Waals surface area contributed by atoms with E-state index in [9.17, 15) is 4.79 Å². The molecule has 2 aromatic rings. The van der Waals surface area contributed by atoms with E-state index in [-0.39, 0.29) is 11.9 Å². The molecule has 1 aromatic carbocycles. The van der Waals surface area contributed by atoms with Crippen molar-refractivity contribution in [2.75, 3.05) is 13.1 Å². The van der Waals surface area contributed by atoms with Crippen molar-refractivity contribution in [3.8, 4) is 0 Å². The summed E-state index contributed by atoms with van der Waals surface area (Å²) < 4.78 is 0. The van der Waals surface area contributed by atoms with Crippen LogP contribution in [0.15, 0.2) is 30.3 Å². The second kappa shape index (κ2) is 5.21. The number of para-hydroxylation sites is 1. The molecule has 1 fully saturated rings. The fourth-order valence-corrected chi connectivity index (χ4v) is 2.78. The Hall–Kier alpha value is -1.94. The van der Waals surface area contributed by atoms with E-state index in [0.717, 1.165) is 36.0 Å². The van der Waals surface area contributed by atoms with Crippen LogP contribution in [0.1, 0.15) is 28.9 Å². The van der Waals surface area contributed by atoms with E-state index in [2.05, 4.69) is 4.98 Å². The molecule has 20 heavy (non-hydrogen) atoms. The van der Waals surface area contributed by atoms with Gasteiger partial charge in [-0.2, -0.15) is 0 Å². The minimum atomic E-state index is 0.0452. The van der Waals surface area contributed by atoms with Gasteiger partial charge in [-0.05, 0) is 31.9 Å². The first-order chi connectivity index (χ1) is 9.65. The normalized spacial score (nSPS) is 19.3. The van der Waals surface area contributed by atoms with Crippen LogP contribution in [-0.2, 0) is 0 Å². The van der Waals surface area contributed by atoms with E-state index >= 15 is 0 Å². The zero-order chi connectivity index (χ0) is 14.1. The van der Waals surface area contributed by atoms with Crippen LogP contribution < -0.4 is 5.73 Å². The number of aryl methyl sites for hydroxylation is 1. The van der Waals surface area contributed by atoms with Gasteiger partial charge in [-0.1, -0.05) is 18.2 Å². The number of carbonyl (C=O) groups excluding carboxylic acids is 1. The molecular weight excluding hydrogens is 250 g/mol. The molecule has 1 aliphatic rings. The van der Waals surface area contributed by atoms with E-state index in [1.54, 1.807) is 0 Å². The summed E-state index contributed by atoms with van der Waals surface area (Å²) in [6, 6.07) is 9.83. The number of aromatic nitrogens is 1. The van der Waals surface area contributed by atoms with Crippen LogP contribution >= 0.6 is 0 Å². The maximum Gasteiger partial charge on any atom is 0.256 e. The molecule has 2 heterocycles. The molecule has 0 spiro atoms. The molecule has 0 saturated carbocycles. The number of benzene rings is 1. The lowest BCUT2D eigenvalue weighted by Crippen LogP contribution is -2.45. The monoisotopic (exact) mass is 269 g/mol. The number of piperidine rings is 1. The molecule has 2 N–H and O–H groups in total. The Morgan fingerprint density at radius 1 is 1.35 bits per heavy atom. The average Bonchev–Trinajstić information content (AvgIpc) is 2.46. The molecule has 1 amide bonds. The molecule has 1 aliphatic heterocycles. The highest BCUT2D eigenvalue weighted by molar-refractivity contribution is 6.05. The van der Waals surface area contributed by atoms with Gasteiger partial charge >= 0.3 is 0 Å². The zero-order valence-corrected chi connectivity index (χ0v) is 11.7. The summed E-state index contributed by atoms with van der Waals surface area (Å²) in [5, 5.41) is 1.00. The molecule has 0 radical (unpaired) electrons. The van der Waals surface area contributed by atoms with E-state index in [1.807, 2.05) is 42.2 Å². The number of fused-ring (bicyclic) bond motifs is 1. The van der Waals surface area contributed by atoms with E-state index in [0.29, 0.717) is 12.1 Å². The first-order valence-electron chi connectivity index (χ1n) is 7.06. The molecule has 4 heteroatoms. The van der Waals surface area contributed by atoms with Gasteiger partial charge in [0, 0.05) is 30.2 Å². The van der Waals surface area contributed by atoms with Gasteiger partial charge < -0.3 is 10.6 Å². The molecule has 0 bridgehead atoms. The Labute approximate surface area is 118 Å². The van der Waals surface area contributed by atoms with Crippen LogP contribution in [0.25, 0.3) is 10.9 Å². The molecule has 1 atom stereocenters. The number of pyridine rings is 1. The molecular formula is C16H19N3O. The standard InChI is InChI=1S/C16H19N3O/c1-11-7-8-12-4-2-6-14(15(12)18-11)16(20)19-9-3-5-13(17)10-19/h2,4,6-8,13H,3,5,9-10,17H2,1H3/t13-/m0/s1. The number of rotatable bonds is 1. The number of nitrogens with zero attached hydrogens (tertiary/aromatic N) is 2. The summed E-state index contributed by atoms with van der Waals surface area (Å²) in [6.07, 6.45) is 1.97. The molecule has 1 saturated heterocycles. The van der Waals surface area contributed by atoms with Gasteiger partial charge in [-0.15, -0.1) is 0 Å². The van der Waals surface area contributed by atoms with Crippen molar-refractivity contribution in [1.82, 2.24) is 9.88 Å². The van der Waals surface area contributed by atoms with E-state index in [1.165, 1.54) is 0 Å². The molecule has 0 unspecified atom stereocenters. The van der Waals surface area contributed by atoms with Gasteiger partial charge in [0.05, 0.1) is 11.1 Å². The Balaban J connectivity index is 2.00. The molecule has 0 aliphatic carbocycles. The van der Waals surface area contributed by atoms with Crippen molar-refractivity contribution in [2.24, 2.45) is 5.73 Å². The fraction of sp³-hybridized carbons (Fsp3) is 0.375. The number of likely N-dealkylation sites (tertiary alicyclic amines) is 1. The highest BCUT2D eigenvalue weighted by Crippen LogP contribution is 2.20. The van der Waals surface area contributed by atoms with Crippen LogP contribution in [0.2, 0.25) is 0 Å². The molecule has 104 valence electrons. The summed E-state index contributed by atoms with van der Waals surface area (Å²) in [5.74, 6) is 0.0452. The van der Waals surface area contributed by atoms with Crippen LogP contribution in [0.5, 0.6) is 0 Å². The van der Waals surface area contributed by atoms with Crippen molar-refractivity contribution in [2.45, 2.75) is 25.8 Å². The topological polar surface area (TPSA) is 59.2 Å². The van der Waals surface area contributed by atoms with Crippen LogP contribution in [0.3, 0.4) is 0 Å². The van der Waals surface area contributed by atoms with Crippen LogP contribution in [0, 0.1) is 6.92 Å². The van der Waals surface area contributed by atoms with Gasteiger partial charge in [-0.25, -0.2) is 0 Å². The second-order valence-electron chi connectivity index (χ2n) is 5.48. The molecule has 4 nitrogen and oxygen atoms in total. The number of amides is 1. The van der Waals surface area contributed by atoms with Crippen LogP contribution in [0.4, 0.5) is 0 Å². The van der Waals surface area contributed by atoms with Crippen molar-refractivity contribution in [3.05, 3.63) is 41.6 Å². The van der Waals surface area contributed by atoms with E-state index < -0.39 is 0 Å². The quantitative estimate of drug-likeness (QED) is 0.862. The van der Waals surface area contributed by atoms with Crippen LogP contribution in [-0.4, -0.2) is 34.9 Å². The smallest absolute Gasteiger partial charge is 0.256 e. The van der Waals surface area contributed by atoms with Gasteiger partial charge in [-0.3, -0.25) is 9.78 Å². The molecule has 1 aromatic heterocycles. The number of carbonyl (C=O) groups is 1. The Bertz CT molecular complexity index is 653. The van der Waals surface area contributed by atoms with Gasteiger partial charge in [0.1, 0.15) is 0 Å². The lowest BCUT2D eigenvalue weighted by atomic mass is 10.0. The largest absolute Gasteiger partial charge is 0.337 e. The fourth-order valence-electron chi connectivity index (χ4n) is 2.78. The van der Waals surface area contributed by atoms with Crippen molar-refractivity contribution < 1.29 is 4.79 Å². The van der Waals surface area contributed by atoms with Crippen molar-refractivity contribution >= 4 is 16.8 Å². The summed E-state index contributed by atoms with van der Waals surface area (Å²) >= 11 is 0. The number of hydrogen-bond acceptors (Lipinski definition) is 3. The minimum absolute atomic E-state index is 0.0452. The zero-order valence-electron chi connectivity index (χ0n) is 11.7. The average molecular weight is 269 g/mol. The van der Waals surface area contributed by atoms with Gasteiger partial charge in [0.15, 0.2) is 0 Å². The Morgan fingerprint density at radius 2 is 2.20 bits per heavy atom. The van der Waals surface area contributed by atoms with Gasteiger partial charge in [0.25, 0.3) is 5.91 Å². The summed E-state index contributed by atoms with van der Waals surface area (Å²) in [4.78, 5) is 19.1. The lowest BCUT2D eigenvalue weighted by molar-refractivity contribution is 0.0710. The maximum atomic E-state index is 12.7. The highest BCUT2D eigenvalue weighted by Gasteiger charge is 2.23. The second-order valence-corrected chi connectivity index (χ2v) is 5.48. The Kier molecular flexibility index (Phi) is 3.40. The minimum Gasteiger partial charge on any atom is -0.337 e.